The van der Waals surface area contributed by atoms with Crippen molar-refractivity contribution >= 4 is 5.69 Å². The van der Waals surface area contributed by atoms with Crippen molar-refractivity contribution in [2.45, 2.75) is 37.8 Å². The molecule has 2 unspecified atom stereocenters. The van der Waals surface area contributed by atoms with Crippen LogP contribution < -0.4 is 10.1 Å². The summed E-state index contributed by atoms with van der Waals surface area (Å²) in [5, 5.41) is 12.9. The third-order valence-electron chi connectivity index (χ3n) is 4.80. The molecule has 2 aromatic carbocycles. The molecule has 2 N–H and O–H groups in total. The highest BCUT2D eigenvalue weighted by Crippen LogP contribution is 2.28. The van der Waals surface area contributed by atoms with Gasteiger partial charge in [0.05, 0.1) is 6.61 Å². The zero-order valence-corrected chi connectivity index (χ0v) is 14.8. The minimum Gasteiger partial charge on any atom is -0.406 e. The first-order chi connectivity index (χ1) is 12.9. The van der Waals surface area contributed by atoms with Crippen molar-refractivity contribution in [3.8, 4) is 5.75 Å². The van der Waals surface area contributed by atoms with E-state index >= 15 is 0 Å². The van der Waals surface area contributed by atoms with Gasteiger partial charge in [-0.3, -0.25) is 4.90 Å². The Morgan fingerprint density at radius 1 is 1.04 bits per heavy atom. The fraction of sp³-hybridized carbons (Fsp3) is 0.400. The average molecular weight is 380 g/mol. The van der Waals surface area contributed by atoms with Gasteiger partial charge in [0.25, 0.3) is 0 Å². The fourth-order valence-electron chi connectivity index (χ4n) is 3.52. The molecule has 0 aromatic heterocycles. The first-order valence-corrected chi connectivity index (χ1v) is 8.95. The van der Waals surface area contributed by atoms with Gasteiger partial charge >= 0.3 is 6.36 Å². The van der Waals surface area contributed by atoms with Crippen molar-refractivity contribution in [2.75, 3.05) is 18.5 Å². The van der Waals surface area contributed by atoms with Gasteiger partial charge in [-0.25, -0.2) is 0 Å². The van der Waals surface area contributed by atoms with Gasteiger partial charge < -0.3 is 15.2 Å². The van der Waals surface area contributed by atoms with Crippen LogP contribution in [0.3, 0.4) is 0 Å². The zero-order chi connectivity index (χ0) is 19.3. The maximum Gasteiger partial charge on any atom is 0.573 e. The molecule has 3 rings (SSSR count). The molecular formula is C20H23F3N2O2. The van der Waals surface area contributed by atoms with Crippen LogP contribution in [-0.4, -0.2) is 41.6 Å². The monoisotopic (exact) mass is 380 g/mol. The van der Waals surface area contributed by atoms with E-state index in [2.05, 4.69) is 27.1 Å². The number of hydrogen-bond donors (Lipinski definition) is 2. The van der Waals surface area contributed by atoms with Crippen molar-refractivity contribution in [1.29, 1.82) is 0 Å². The Hall–Kier alpha value is -2.25. The van der Waals surface area contributed by atoms with Crippen LogP contribution in [0, 0.1) is 0 Å². The summed E-state index contributed by atoms with van der Waals surface area (Å²) in [6.07, 6.45) is -2.89. The van der Waals surface area contributed by atoms with Crippen LogP contribution in [0.1, 0.15) is 18.4 Å². The van der Waals surface area contributed by atoms with Crippen LogP contribution in [0.25, 0.3) is 0 Å². The van der Waals surface area contributed by atoms with Crippen LogP contribution in [0.2, 0.25) is 0 Å². The summed E-state index contributed by atoms with van der Waals surface area (Å²) in [6.45, 7) is 1.41. The van der Waals surface area contributed by atoms with Gasteiger partial charge in [0.2, 0.25) is 0 Å². The van der Waals surface area contributed by atoms with Crippen LogP contribution >= 0.6 is 0 Å². The van der Waals surface area contributed by atoms with Gasteiger partial charge in [-0.05, 0) is 30.5 Å². The molecule has 0 bridgehead atoms. The molecule has 0 amide bonds. The molecule has 4 nitrogen and oxygen atoms in total. The van der Waals surface area contributed by atoms with E-state index in [4.69, 9.17) is 0 Å². The highest BCUT2D eigenvalue weighted by molar-refractivity contribution is 5.48. The molecule has 0 radical (unpaired) electrons. The van der Waals surface area contributed by atoms with E-state index in [9.17, 15) is 18.3 Å². The number of nitrogens with one attached hydrogen (secondary N) is 1. The summed E-state index contributed by atoms with van der Waals surface area (Å²) in [5.74, 6) is -0.242. The zero-order valence-electron chi connectivity index (χ0n) is 14.8. The topological polar surface area (TPSA) is 44.7 Å². The Labute approximate surface area is 156 Å². The van der Waals surface area contributed by atoms with Crippen molar-refractivity contribution in [1.82, 2.24) is 4.90 Å². The Kier molecular flexibility index (Phi) is 6.23. The molecule has 1 heterocycles. The fourth-order valence-corrected chi connectivity index (χ4v) is 3.52. The van der Waals surface area contributed by atoms with E-state index in [1.54, 1.807) is 6.07 Å². The quantitative estimate of drug-likeness (QED) is 0.762. The normalized spacial score (nSPS) is 20.6. The number of halogens is 3. The first kappa shape index (κ1) is 19.5. The lowest BCUT2D eigenvalue weighted by atomic mass is 10.1. The molecule has 7 heteroatoms. The number of aliphatic hydroxyl groups is 1. The number of benzene rings is 2. The second-order valence-electron chi connectivity index (χ2n) is 6.68. The molecule has 0 saturated carbocycles. The van der Waals surface area contributed by atoms with Crippen LogP contribution in [0.4, 0.5) is 18.9 Å². The molecule has 2 atom stereocenters. The number of alkyl halides is 3. The summed E-state index contributed by atoms with van der Waals surface area (Å²) in [6, 6.07) is 16.2. The minimum absolute atomic E-state index is 0.0944. The number of rotatable bonds is 7. The maximum absolute atomic E-state index is 12.4. The summed E-state index contributed by atoms with van der Waals surface area (Å²) < 4.78 is 41.1. The van der Waals surface area contributed by atoms with Gasteiger partial charge in [0.1, 0.15) is 5.75 Å². The summed E-state index contributed by atoms with van der Waals surface area (Å²) >= 11 is 0. The molecule has 27 heavy (non-hydrogen) atoms. The third kappa shape index (κ3) is 5.61. The second-order valence-corrected chi connectivity index (χ2v) is 6.68. The van der Waals surface area contributed by atoms with Gasteiger partial charge in [-0.1, -0.05) is 36.4 Å². The predicted octanol–water partition coefficient (Wildman–Crippen LogP) is 4.02. The molecule has 0 spiro atoms. The Balaban J connectivity index is 1.63. The Morgan fingerprint density at radius 3 is 2.48 bits per heavy atom. The second kappa shape index (κ2) is 8.63. The molecule has 1 fully saturated rings. The van der Waals surface area contributed by atoms with Crippen molar-refractivity contribution in [3.05, 3.63) is 60.2 Å². The lowest BCUT2D eigenvalue weighted by Gasteiger charge is -2.30. The third-order valence-corrected chi connectivity index (χ3v) is 4.80. The minimum atomic E-state index is -4.70. The average Bonchev–Trinajstić information content (AvgIpc) is 3.01. The number of hydrogen-bond acceptors (Lipinski definition) is 4. The van der Waals surface area contributed by atoms with Crippen molar-refractivity contribution in [2.24, 2.45) is 0 Å². The van der Waals surface area contributed by atoms with Crippen LogP contribution in [-0.2, 0) is 6.54 Å². The predicted molar refractivity (Wildman–Crippen MR) is 97.5 cm³/mol. The first-order valence-electron chi connectivity index (χ1n) is 8.95. The van der Waals surface area contributed by atoms with Crippen LogP contribution in [0.15, 0.2) is 54.6 Å². The summed E-state index contributed by atoms with van der Waals surface area (Å²) in [7, 11) is 0. The number of anilines is 1. The number of ether oxygens (including phenoxy) is 1. The lowest BCUT2D eigenvalue weighted by molar-refractivity contribution is -0.274. The molecule has 1 aliphatic rings. The highest BCUT2D eigenvalue weighted by Gasteiger charge is 2.33. The Bertz CT molecular complexity index is 725. The smallest absolute Gasteiger partial charge is 0.406 e. The van der Waals surface area contributed by atoms with Gasteiger partial charge in [0.15, 0.2) is 0 Å². The molecular weight excluding hydrogens is 357 g/mol. The van der Waals surface area contributed by atoms with Crippen LogP contribution in [0.5, 0.6) is 5.75 Å². The number of likely N-dealkylation sites (tertiary alicyclic amines) is 1. The van der Waals surface area contributed by atoms with E-state index in [1.807, 2.05) is 18.2 Å². The Morgan fingerprint density at radius 2 is 1.78 bits per heavy atom. The SMILES string of the molecule is OCC1CCC(CNc2cccc(OC(F)(F)F)c2)N1Cc1ccccc1. The van der Waals surface area contributed by atoms with E-state index < -0.39 is 6.36 Å². The van der Waals surface area contributed by atoms with Gasteiger partial charge in [0, 0.05) is 36.9 Å². The molecule has 1 saturated heterocycles. The van der Waals surface area contributed by atoms with E-state index in [0.717, 1.165) is 19.4 Å². The number of nitrogens with zero attached hydrogens (tertiary/aromatic N) is 1. The summed E-state index contributed by atoms with van der Waals surface area (Å²) in [5.41, 5.74) is 1.74. The highest BCUT2D eigenvalue weighted by atomic mass is 19.4. The lowest BCUT2D eigenvalue weighted by Crippen LogP contribution is -2.40. The van der Waals surface area contributed by atoms with E-state index in [0.29, 0.717) is 12.2 Å². The largest absolute Gasteiger partial charge is 0.573 e. The number of aliphatic hydroxyl groups excluding tert-OH is 1. The standard InChI is InChI=1S/C20H23F3N2O2/c21-20(22,23)27-19-8-4-7-16(11-19)24-12-17-9-10-18(14-26)25(17)13-15-5-2-1-3-6-15/h1-8,11,17-18,24,26H,9-10,12-14H2. The van der Waals surface area contributed by atoms with Gasteiger partial charge in [-0.15, -0.1) is 13.2 Å². The van der Waals surface area contributed by atoms with E-state index in [-0.39, 0.29) is 24.4 Å². The molecule has 1 aliphatic heterocycles. The molecule has 146 valence electrons. The van der Waals surface area contributed by atoms with Crippen molar-refractivity contribution in [3.63, 3.8) is 0 Å². The van der Waals surface area contributed by atoms with Crippen molar-refractivity contribution < 1.29 is 23.0 Å². The van der Waals surface area contributed by atoms with E-state index in [1.165, 1.54) is 23.8 Å². The molecule has 2 aromatic rings. The summed E-state index contributed by atoms with van der Waals surface area (Å²) in [4.78, 5) is 2.26. The molecule has 0 aliphatic carbocycles. The maximum atomic E-state index is 12.4. The van der Waals surface area contributed by atoms with Gasteiger partial charge in [-0.2, -0.15) is 0 Å².